The summed E-state index contributed by atoms with van der Waals surface area (Å²) < 4.78 is 13.1. The fraction of sp³-hybridized carbons (Fsp3) is 0.421. The van der Waals surface area contributed by atoms with Crippen LogP contribution in [0, 0.1) is 6.92 Å². The second kappa shape index (κ2) is 8.32. The van der Waals surface area contributed by atoms with Crippen molar-refractivity contribution >= 4 is 11.5 Å². The van der Waals surface area contributed by atoms with E-state index in [2.05, 4.69) is 31.6 Å². The summed E-state index contributed by atoms with van der Waals surface area (Å²) in [6, 6.07) is 11.9. The van der Waals surface area contributed by atoms with E-state index in [0.717, 1.165) is 61.5 Å². The standard InChI is InChI=1S/C19H24N6O2/c1-15-21-22-19-7-6-18(23-25(15)19)20-14-16-4-2-3-5-17(16)27-13-10-24-8-11-26-12-9-24/h2-7H,8-14H2,1H3,(H,20,23). The monoisotopic (exact) mass is 368 g/mol. The van der Waals surface area contributed by atoms with Gasteiger partial charge in [0.1, 0.15) is 18.2 Å². The number of anilines is 1. The van der Waals surface area contributed by atoms with Crippen molar-refractivity contribution in [1.82, 2.24) is 24.7 Å². The Morgan fingerprint density at radius 2 is 1.96 bits per heavy atom. The van der Waals surface area contributed by atoms with Gasteiger partial charge in [0.2, 0.25) is 0 Å². The van der Waals surface area contributed by atoms with Crippen LogP contribution in [0.2, 0.25) is 0 Å². The Hall–Kier alpha value is -2.71. The van der Waals surface area contributed by atoms with Crippen LogP contribution in [0.4, 0.5) is 5.82 Å². The van der Waals surface area contributed by atoms with E-state index < -0.39 is 0 Å². The van der Waals surface area contributed by atoms with Crippen LogP contribution < -0.4 is 10.1 Å². The summed E-state index contributed by atoms with van der Waals surface area (Å²) >= 11 is 0. The first-order valence-electron chi connectivity index (χ1n) is 9.23. The maximum Gasteiger partial charge on any atom is 0.178 e. The zero-order valence-electron chi connectivity index (χ0n) is 15.5. The highest BCUT2D eigenvalue weighted by Gasteiger charge is 2.11. The Bertz CT molecular complexity index is 891. The minimum absolute atomic E-state index is 0.632. The molecule has 1 aromatic carbocycles. The van der Waals surface area contributed by atoms with Crippen LogP contribution in [-0.4, -0.2) is 64.2 Å². The molecule has 1 N–H and O–H groups in total. The normalized spacial score (nSPS) is 15.1. The Morgan fingerprint density at radius 3 is 2.85 bits per heavy atom. The van der Waals surface area contributed by atoms with Gasteiger partial charge in [0.25, 0.3) is 0 Å². The van der Waals surface area contributed by atoms with E-state index in [1.807, 2.05) is 37.3 Å². The van der Waals surface area contributed by atoms with Crippen molar-refractivity contribution in [3.05, 3.63) is 47.8 Å². The number of nitrogens with one attached hydrogen (secondary N) is 1. The Labute approximate surface area is 158 Å². The van der Waals surface area contributed by atoms with Crippen molar-refractivity contribution in [3.8, 4) is 5.75 Å². The fourth-order valence-corrected chi connectivity index (χ4v) is 3.08. The summed E-state index contributed by atoms with van der Waals surface area (Å²) in [5.74, 6) is 2.44. The van der Waals surface area contributed by atoms with Gasteiger partial charge in [0, 0.05) is 31.7 Å². The van der Waals surface area contributed by atoms with Crippen molar-refractivity contribution in [2.75, 3.05) is 44.8 Å². The molecule has 8 nitrogen and oxygen atoms in total. The van der Waals surface area contributed by atoms with Gasteiger partial charge in [0.05, 0.1) is 13.2 Å². The lowest BCUT2D eigenvalue weighted by Crippen LogP contribution is -2.38. The van der Waals surface area contributed by atoms with Crippen molar-refractivity contribution in [2.45, 2.75) is 13.5 Å². The molecule has 0 aliphatic carbocycles. The highest BCUT2D eigenvalue weighted by Crippen LogP contribution is 2.19. The van der Waals surface area contributed by atoms with Gasteiger partial charge in [-0.25, -0.2) is 0 Å². The van der Waals surface area contributed by atoms with E-state index in [9.17, 15) is 0 Å². The maximum atomic E-state index is 6.04. The molecule has 8 heteroatoms. The van der Waals surface area contributed by atoms with Crippen LogP contribution in [0.25, 0.3) is 5.65 Å². The molecule has 0 amide bonds. The number of fused-ring (bicyclic) bond motifs is 1. The molecule has 1 aliphatic heterocycles. The molecule has 4 rings (SSSR count). The van der Waals surface area contributed by atoms with Crippen molar-refractivity contribution in [3.63, 3.8) is 0 Å². The van der Waals surface area contributed by atoms with Gasteiger partial charge < -0.3 is 14.8 Å². The van der Waals surface area contributed by atoms with Gasteiger partial charge in [-0.15, -0.1) is 15.3 Å². The number of para-hydroxylation sites is 1. The molecule has 0 saturated carbocycles. The predicted octanol–water partition coefficient (Wildman–Crippen LogP) is 1.76. The Kier molecular flexibility index (Phi) is 5.45. The molecule has 3 aromatic rings. The number of ether oxygens (including phenoxy) is 2. The van der Waals surface area contributed by atoms with Gasteiger partial charge in [-0.3, -0.25) is 4.90 Å². The summed E-state index contributed by atoms with van der Waals surface area (Å²) in [7, 11) is 0. The number of nitrogens with zero attached hydrogens (tertiary/aromatic N) is 5. The van der Waals surface area contributed by atoms with Crippen molar-refractivity contribution in [2.24, 2.45) is 0 Å². The number of hydrogen-bond acceptors (Lipinski definition) is 7. The average molecular weight is 368 g/mol. The van der Waals surface area contributed by atoms with E-state index in [1.54, 1.807) is 4.52 Å². The van der Waals surface area contributed by atoms with Crippen LogP contribution in [0.15, 0.2) is 36.4 Å². The molecule has 0 radical (unpaired) electrons. The van der Waals surface area contributed by atoms with Crippen LogP contribution in [0.5, 0.6) is 5.75 Å². The topological polar surface area (TPSA) is 76.8 Å². The first kappa shape index (κ1) is 17.7. The lowest BCUT2D eigenvalue weighted by Gasteiger charge is -2.26. The SMILES string of the molecule is Cc1nnc2ccc(NCc3ccccc3OCCN3CCOCC3)nn12. The summed E-state index contributed by atoms with van der Waals surface area (Å²) in [5.41, 5.74) is 1.84. The number of aromatic nitrogens is 4. The molecule has 0 unspecified atom stereocenters. The van der Waals surface area contributed by atoms with Crippen LogP contribution in [-0.2, 0) is 11.3 Å². The maximum absolute atomic E-state index is 6.04. The van der Waals surface area contributed by atoms with E-state index >= 15 is 0 Å². The van der Waals surface area contributed by atoms with Crippen molar-refractivity contribution < 1.29 is 9.47 Å². The highest BCUT2D eigenvalue weighted by atomic mass is 16.5. The van der Waals surface area contributed by atoms with E-state index in [-0.39, 0.29) is 0 Å². The van der Waals surface area contributed by atoms with Gasteiger partial charge >= 0.3 is 0 Å². The van der Waals surface area contributed by atoms with E-state index in [1.165, 1.54) is 0 Å². The molecule has 0 spiro atoms. The zero-order chi connectivity index (χ0) is 18.5. The predicted molar refractivity (Wildman–Crippen MR) is 102 cm³/mol. The van der Waals surface area contributed by atoms with E-state index in [0.29, 0.717) is 13.2 Å². The zero-order valence-corrected chi connectivity index (χ0v) is 15.5. The van der Waals surface area contributed by atoms with Crippen LogP contribution >= 0.6 is 0 Å². The highest BCUT2D eigenvalue weighted by molar-refractivity contribution is 5.45. The third kappa shape index (κ3) is 4.35. The average Bonchev–Trinajstić information content (AvgIpc) is 3.08. The summed E-state index contributed by atoms with van der Waals surface area (Å²) in [6.07, 6.45) is 0. The molecule has 2 aromatic heterocycles. The molecule has 1 fully saturated rings. The lowest BCUT2D eigenvalue weighted by atomic mass is 10.2. The largest absolute Gasteiger partial charge is 0.492 e. The van der Waals surface area contributed by atoms with E-state index in [4.69, 9.17) is 9.47 Å². The fourth-order valence-electron chi connectivity index (χ4n) is 3.08. The van der Waals surface area contributed by atoms with Gasteiger partial charge in [-0.1, -0.05) is 18.2 Å². The van der Waals surface area contributed by atoms with Crippen LogP contribution in [0.3, 0.4) is 0 Å². The minimum Gasteiger partial charge on any atom is -0.492 e. The molecule has 27 heavy (non-hydrogen) atoms. The molecular weight excluding hydrogens is 344 g/mol. The Balaban J connectivity index is 1.36. The molecule has 0 atom stereocenters. The third-order valence-corrected chi connectivity index (χ3v) is 4.62. The molecule has 1 aliphatic rings. The third-order valence-electron chi connectivity index (χ3n) is 4.62. The minimum atomic E-state index is 0.632. The smallest absolute Gasteiger partial charge is 0.178 e. The molecule has 0 bridgehead atoms. The number of benzene rings is 1. The number of aryl methyl sites for hydroxylation is 1. The summed E-state index contributed by atoms with van der Waals surface area (Å²) in [6.45, 7) is 7.67. The Morgan fingerprint density at radius 1 is 1.11 bits per heavy atom. The lowest BCUT2D eigenvalue weighted by molar-refractivity contribution is 0.0322. The van der Waals surface area contributed by atoms with Gasteiger partial charge in [-0.2, -0.15) is 4.52 Å². The van der Waals surface area contributed by atoms with Gasteiger partial charge in [-0.05, 0) is 25.1 Å². The molecule has 3 heterocycles. The second-order valence-electron chi connectivity index (χ2n) is 6.50. The van der Waals surface area contributed by atoms with Gasteiger partial charge in [0.15, 0.2) is 11.5 Å². The first-order valence-corrected chi connectivity index (χ1v) is 9.23. The first-order chi connectivity index (χ1) is 13.3. The second-order valence-corrected chi connectivity index (χ2v) is 6.50. The molecule has 1 saturated heterocycles. The summed E-state index contributed by atoms with van der Waals surface area (Å²) in [4.78, 5) is 2.37. The van der Waals surface area contributed by atoms with Crippen molar-refractivity contribution in [1.29, 1.82) is 0 Å². The summed E-state index contributed by atoms with van der Waals surface area (Å²) in [5, 5.41) is 16.0. The molecule has 142 valence electrons. The number of hydrogen-bond donors (Lipinski definition) is 1. The molecular formula is C19H24N6O2. The van der Waals surface area contributed by atoms with Crippen LogP contribution in [0.1, 0.15) is 11.4 Å². The number of rotatable bonds is 7. The number of morpholine rings is 1. The quantitative estimate of drug-likeness (QED) is 0.681.